The summed E-state index contributed by atoms with van der Waals surface area (Å²) in [5.74, 6) is 0. The van der Waals surface area contributed by atoms with Crippen LogP contribution in [0.2, 0.25) is 26.2 Å². The molecule has 4 heteroatoms. The fourth-order valence-electron chi connectivity index (χ4n) is 4.01. The van der Waals surface area contributed by atoms with Crippen LogP contribution in [0.15, 0.2) is 60.7 Å². The molecule has 2 nitrogen and oxygen atoms in total. The van der Waals surface area contributed by atoms with Gasteiger partial charge in [-0.05, 0) is 37.1 Å². The lowest BCUT2D eigenvalue weighted by atomic mass is 10.2. The summed E-state index contributed by atoms with van der Waals surface area (Å²) in [6.45, 7) is 14.0. The van der Waals surface area contributed by atoms with Gasteiger partial charge in [-0.15, -0.1) is 0 Å². The first-order valence-electron chi connectivity index (χ1n) is 9.88. The summed E-state index contributed by atoms with van der Waals surface area (Å²) >= 11 is 0. The second-order valence-corrected chi connectivity index (χ2v) is 17.7. The average Bonchev–Trinajstić information content (AvgIpc) is 2.66. The van der Waals surface area contributed by atoms with E-state index in [0.717, 1.165) is 11.4 Å². The third kappa shape index (κ3) is 3.54. The summed E-state index contributed by atoms with van der Waals surface area (Å²) in [6, 6.07) is 22.3. The highest BCUT2D eigenvalue weighted by atomic mass is 28.3. The number of benzene rings is 3. The topological polar surface area (TPSA) is 52.0 Å². The average molecular weight is 405 g/mol. The van der Waals surface area contributed by atoms with Gasteiger partial charge in [0.1, 0.15) is 16.1 Å². The molecule has 0 aliphatic heterocycles. The zero-order chi connectivity index (χ0) is 20.7. The first-order valence-corrected chi connectivity index (χ1v) is 15.9. The number of hydrogen-bond acceptors (Lipinski definition) is 2. The second kappa shape index (κ2) is 7.26. The van der Waals surface area contributed by atoms with Crippen molar-refractivity contribution in [2.75, 3.05) is 11.5 Å². The maximum Gasteiger partial charge on any atom is 0.112 e. The van der Waals surface area contributed by atoms with Crippen molar-refractivity contribution < 1.29 is 0 Å². The van der Waals surface area contributed by atoms with E-state index in [9.17, 15) is 0 Å². The summed E-state index contributed by atoms with van der Waals surface area (Å²) in [4.78, 5) is 0. The Morgan fingerprint density at radius 1 is 0.571 bits per heavy atom. The molecule has 0 saturated heterocycles. The quantitative estimate of drug-likeness (QED) is 0.518. The third-order valence-corrected chi connectivity index (χ3v) is 13.6. The van der Waals surface area contributed by atoms with E-state index >= 15 is 0 Å². The summed E-state index contributed by atoms with van der Waals surface area (Å²) < 4.78 is 0. The molecule has 0 spiro atoms. The molecule has 0 fully saturated rings. The molecule has 3 rings (SSSR count). The van der Waals surface area contributed by atoms with Crippen molar-refractivity contribution in [3.8, 4) is 0 Å². The predicted octanol–water partition coefficient (Wildman–Crippen LogP) is 3.11. The highest BCUT2D eigenvalue weighted by Gasteiger charge is 2.35. The van der Waals surface area contributed by atoms with Crippen LogP contribution in [0.3, 0.4) is 0 Å². The lowest BCUT2D eigenvalue weighted by molar-refractivity contribution is 1.48. The first kappa shape index (κ1) is 20.4. The Hall–Kier alpha value is -2.31. The van der Waals surface area contributed by atoms with E-state index in [0.29, 0.717) is 0 Å². The van der Waals surface area contributed by atoms with E-state index in [1.807, 2.05) is 0 Å². The zero-order valence-electron chi connectivity index (χ0n) is 17.9. The van der Waals surface area contributed by atoms with Crippen molar-refractivity contribution in [2.24, 2.45) is 0 Å². The Balaban J connectivity index is 2.17. The van der Waals surface area contributed by atoms with Gasteiger partial charge in [0.05, 0.1) is 0 Å². The number of rotatable bonds is 4. The molecule has 0 atom stereocenters. The van der Waals surface area contributed by atoms with Gasteiger partial charge in [-0.3, -0.25) is 0 Å². The van der Waals surface area contributed by atoms with Crippen LogP contribution in [-0.4, -0.2) is 16.1 Å². The minimum Gasteiger partial charge on any atom is -0.399 e. The van der Waals surface area contributed by atoms with Gasteiger partial charge in [0, 0.05) is 11.4 Å². The van der Waals surface area contributed by atoms with E-state index in [2.05, 4.69) is 101 Å². The maximum absolute atomic E-state index is 6.08. The SMILES string of the molecule is Cc1cc([Si](C)(C)c2ccccc2[Si](C)(C)c2ccc(N)c(C)c2)ccc1N. The Labute approximate surface area is 171 Å². The van der Waals surface area contributed by atoms with Crippen molar-refractivity contribution in [1.82, 2.24) is 0 Å². The third-order valence-electron chi connectivity index (χ3n) is 6.26. The highest BCUT2D eigenvalue weighted by Crippen LogP contribution is 2.15. The molecule has 0 aliphatic rings. The Morgan fingerprint density at radius 2 is 0.929 bits per heavy atom. The molecular formula is C24H32N2Si2. The van der Waals surface area contributed by atoms with Crippen LogP contribution in [0.25, 0.3) is 0 Å². The van der Waals surface area contributed by atoms with Gasteiger partial charge in [0.15, 0.2) is 0 Å². The van der Waals surface area contributed by atoms with Gasteiger partial charge in [0.2, 0.25) is 0 Å². The molecule has 4 N–H and O–H groups in total. The molecule has 0 heterocycles. The van der Waals surface area contributed by atoms with Gasteiger partial charge in [-0.1, -0.05) is 95.5 Å². The summed E-state index contributed by atoms with van der Waals surface area (Å²) in [5.41, 5.74) is 16.2. The van der Waals surface area contributed by atoms with Crippen molar-refractivity contribution in [1.29, 1.82) is 0 Å². The second-order valence-electron chi connectivity index (χ2n) is 8.94. The van der Waals surface area contributed by atoms with Gasteiger partial charge < -0.3 is 11.5 Å². The number of hydrogen-bond donors (Lipinski definition) is 2. The monoisotopic (exact) mass is 404 g/mol. The van der Waals surface area contributed by atoms with Gasteiger partial charge in [0.25, 0.3) is 0 Å². The minimum absolute atomic E-state index is 0.869. The van der Waals surface area contributed by atoms with Crippen LogP contribution in [0.4, 0.5) is 11.4 Å². The minimum atomic E-state index is -1.87. The van der Waals surface area contributed by atoms with E-state index < -0.39 is 16.1 Å². The molecule has 0 radical (unpaired) electrons. The molecule has 0 aliphatic carbocycles. The predicted molar refractivity (Wildman–Crippen MR) is 131 cm³/mol. The molecule has 0 aromatic heterocycles. The van der Waals surface area contributed by atoms with Crippen LogP contribution in [0.1, 0.15) is 11.1 Å². The fourth-order valence-corrected chi connectivity index (χ4v) is 11.2. The molecule has 0 bridgehead atoms. The van der Waals surface area contributed by atoms with E-state index in [-0.39, 0.29) is 0 Å². The van der Waals surface area contributed by atoms with Gasteiger partial charge in [-0.2, -0.15) is 0 Å². The molecular weight excluding hydrogens is 372 g/mol. The van der Waals surface area contributed by atoms with Crippen LogP contribution in [0, 0.1) is 13.8 Å². The molecule has 0 saturated carbocycles. The smallest absolute Gasteiger partial charge is 0.112 e. The van der Waals surface area contributed by atoms with Gasteiger partial charge >= 0.3 is 0 Å². The normalized spacial score (nSPS) is 12.2. The number of nitrogens with two attached hydrogens (primary N) is 2. The Kier molecular flexibility index (Phi) is 5.30. The van der Waals surface area contributed by atoms with E-state index in [1.165, 1.54) is 31.9 Å². The van der Waals surface area contributed by atoms with Crippen molar-refractivity contribution >= 4 is 48.3 Å². The summed E-state index contributed by atoms with van der Waals surface area (Å²) in [6.07, 6.45) is 0. The number of aryl methyl sites for hydroxylation is 2. The summed E-state index contributed by atoms with van der Waals surface area (Å²) in [7, 11) is -3.73. The lowest BCUT2D eigenvalue weighted by Crippen LogP contribution is -2.67. The standard InChI is InChI=1S/C24H32N2Si2/c1-17-15-19(11-13-21(17)25)27(3,4)23-9-7-8-10-24(23)28(5,6)20-12-14-22(26)18(2)16-20/h7-16H,25-26H2,1-6H3. The van der Waals surface area contributed by atoms with Crippen molar-refractivity contribution in [3.05, 3.63) is 71.8 Å². The van der Waals surface area contributed by atoms with Crippen molar-refractivity contribution in [3.63, 3.8) is 0 Å². The number of nitrogen functional groups attached to an aromatic ring is 2. The van der Waals surface area contributed by atoms with Crippen LogP contribution in [-0.2, 0) is 0 Å². The largest absolute Gasteiger partial charge is 0.399 e. The molecule has 3 aromatic carbocycles. The Bertz CT molecular complexity index is 940. The lowest BCUT2D eigenvalue weighted by Gasteiger charge is -2.33. The van der Waals surface area contributed by atoms with Crippen LogP contribution >= 0.6 is 0 Å². The first-order chi connectivity index (χ1) is 13.0. The zero-order valence-corrected chi connectivity index (χ0v) is 19.9. The molecule has 28 heavy (non-hydrogen) atoms. The van der Waals surface area contributed by atoms with E-state index in [1.54, 1.807) is 0 Å². The fraction of sp³-hybridized carbons (Fsp3) is 0.250. The molecule has 0 unspecified atom stereocenters. The summed E-state index contributed by atoms with van der Waals surface area (Å²) in [5, 5.41) is 5.94. The molecule has 0 amide bonds. The molecule has 146 valence electrons. The van der Waals surface area contributed by atoms with Gasteiger partial charge in [-0.25, -0.2) is 0 Å². The highest BCUT2D eigenvalue weighted by molar-refractivity contribution is 7.09. The van der Waals surface area contributed by atoms with Crippen LogP contribution < -0.4 is 32.2 Å². The van der Waals surface area contributed by atoms with E-state index in [4.69, 9.17) is 11.5 Å². The number of anilines is 2. The van der Waals surface area contributed by atoms with Crippen molar-refractivity contribution in [2.45, 2.75) is 40.0 Å². The van der Waals surface area contributed by atoms with Crippen LogP contribution in [0.5, 0.6) is 0 Å². The Morgan fingerprint density at radius 3 is 1.25 bits per heavy atom. The molecule has 3 aromatic rings. The maximum atomic E-state index is 6.08.